The molecule has 3 aliphatic rings. The summed E-state index contributed by atoms with van der Waals surface area (Å²) in [5, 5.41) is 3.63. The van der Waals surface area contributed by atoms with E-state index < -0.39 is 0 Å². The van der Waals surface area contributed by atoms with Crippen LogP contribution in [0.3, 0.4) is 0 Å². The predicted molar refractivity (Wildman–Crippen MR) is 76.7 cm³/mol. The molecule has 0 aromatic heterocycles. The van der Waals surface area contributed by atoms with Crippen molar-refractivity contribution in [1.29, 1.82) is 0 Å². The molecule has 0 aromatic rings. The van der Waals surface area contributed by atoms with E-state index in [9.17, 15) is 0 Å². The summed E-state index contributed by atoms with van der Waals surface area (Å²) in [5.74, 6) is 3.04. The number of likely N-dealkylation sites (tertiary alicyclic amines) is 1. The third-order valence-corrected chi connectivity index (χ3v) is 5.56. The van der Waals surface area contributed by atoms with Crippen LogP contribution in [0.5, 0.6) is 0 Å². The fraction of sp³-hybridized carbons (Fsp3) is 1.00. The van der Waals surface area contributed by atoms with Gasteiger partial charge < -0.3 is 5.32 Å². The summed E-state index contributed by atoms with van der Waals surface area (Å²) in [6.45, 7) is 7.58. The highest BCUT2D eigenvalue weighted by molar-refractivity contribution is 4.94. The van der Waals surface area contributed by atoms with Gasteiger partial charge in [0.1, 0.15) is 0 Å². The van der Waals surface area contributed by atoms with Gasteiger partial charge in [0.25, 0.3) is 0 Å². The SMILES string of the molecule is CCCNCC1CCC1N1CC2CCCC(C2)C1. The van der Waals surface area contributed by atoms with Crippen molar-refractivity contribution in [3.05, 3.63) is 0 Å². The minimum absolute atomic E-state index is 0.928. The van der Waals surface area contributed by atoms with E-state index in [2.05, 4.69) is 17.1 Å². The third-order valence-electron chi connectivity index (χ3n) is 5.56. The Kier molecular flexibility index (Phi) is 4.25. The van der Waals surface area contributed by atoms with Gasteiger partial charge in [0, 0.05) is 19.1 Å². The first-order chi connectivity index (χ1) is 8.86. The smallest absolute Gasteiger partial charge is 0.0136 e. The third kappa shape index (κ3) is 2.75. The van der Waals surface area contributed by atoms with Gasteiger partial charge in [0.15, 0.2) is 0 Å². The fourth-order valence-electron chi connectivity index (χ4n) is 4.48. The molecule has 3 rings (SSSR count). The van der Waals surface area contributed by atoms with Gasteiger partial charge in [-0.25, -0.2) is 0 Å². The fourth-order valence-corrected chi connectivity index (χ4v) is 4.48. The number of fused-ring (bicyclic) bond motifs is 2. The molecule has 2 nitrogen and oxygen atoms in total. The van der Waals surface area contributed by atoms with Crippen LogP contribution in [-0.4, -0.2) is 37.1 Å². The zero-order chi connectivity index (χ0) is 12.4. The Bertz CT molecular complexity index is 254. The van der Waals surface area contributed by atoms with Gasteiger partial charge in [-0.1, -0.05) is 13.3 Å². The number of hydrogen-bond acceptors (Lipinski definition) is 2. The lowest BCUT2D eigenvalue weighted by Crippen LogP contribution is -2.55. The maximum absolute atomic E-state index is 3.63. The summed E-state index contributed by atoms with van der Waals surface area (Å²) >= 11 is 0. The number of rotatable bonds is 5. The molecule has 2 saturated carbocycles. The van der Waals surface area contributed by atoms with Gasteiger partial charge >= 0.3 is 0 Å². The summed E-state index contributed by atoms with van der Waals surface area (Å²) in [6, 6.07) is 0.928. The Morgan fingerprint density at radius 2 is 1.83 bits per heavy atom. The number of piperidine rings is 1. The quantitative estimate of drug-likeness (QED) is 0.755. The molecule has 104 valence electrons. The maximum atomic E-state index is 3.63. The Hall–Kier alpha value is -0.0800. The van der Waals surface area contributed by atoms with Crippen LogP contribution in [-0.2, 0) is 0 Å². The zero-order valence-corrected chi connectivity index (χ0v) is 12.0. The molecule has 0 radical (unpaired) electrons. The normalized spacial score (nSPS) is 40.5. The molecule has 4 unspecified atom stereocenters. The average Bonchev–Trinajstić information content (AvgIpc) is 2.33. The van der Waals surface area contributed by atoms with E-state index >= 15 is 0 Å². The van der Waals surface area contributed by atoms with E-state index in [0.717, 1.165) is 23.8 Å². The number of nitrogens with zero attached hydrogens (tertiary/aromatic N) is 1. The van der Waals surface area contributed by atoms with Crippen molar-refractivity contribution in [3.63, 3.8) is 0 Å². The molecular formula is C16H30N2. The molecule has 0 spiro atoms. The summed E-state index contributed by atoms with van der Waals surface area (Å²) in [5.41, 5.74) is 0. The second-order valence-electron chi connectivity index (χ2n) is 6.96. The van der Waals surface area contributed by atoms with Crippen LogP contribution >= 0.6 is 0 Å². The highest BCUT2D eigenvalue weighted by Gasteiger charge is 2.40. The molecule has 2 heteroatoms. The van der Waals surface area contributed by atoms with Crippen LogP contribution in [0.15, 0.2) is 0 Å². The molecule has 1 aliphatic heterocycles. The molecule has 1 heterocycles. The highest BCUT2D eigenvalue weighted by Crippen LogP contribution is 2.40. The van der Waals surface area contributed by atoms with Crippen LogP contribution in [0.1, 0.15) is 51.9 Å². The van der Waals surface area contributed by atoms with Gasteiger partial charge in [0.2, 0.25) is 0 Å². The first kappa shape index (κ1) is 12.9. The van der Waals surface area contributed by atoms with Crippen molar-refractivity contribution < 1.29 is 0 Å². The Morgan fingerprint density at radius 3 is 2.44 bits per heavy atom. The largest absolute Gasteiger partial charge is 0.316 e. The molecule has 3 fully saturated rings. The Labute approximate surface area is 113 Å². The highest BCUT2D eigenvalue weighted by atomic mass is 15.2. The van der Waals surface area contributed by atoms with Crippen molar-refractivity contribution in [3.8, 4) is 0 Å². The molecular weight excluding hydrogens is 220 g/mol. The first-order valence-electron chi connectivity index (χ1n) is 8.31. The van der Waals surface area contributed by atoms with Crippen LogP contribution in [0.2, 0.25) is 0 Å². The minimum Gasteiger partial charge on any atom is -0.316 e. The number of nitrogens with one attached hydrogen (secondary N) is 1. The molecule has 18 heavy (non-hydrogen) atoms. The van der Waals surface area contributed by atoms with Gasteiger partial charge in [-0.05, 0) is 69.4 Å². The molecule has 0 amide bonds. The van der Waals surface area contributed by atoms with Crippen molar-refractivity contribution >= 4 is 0 Å². The summed E-state index contributed by atoms with van der Waals surface area (Å²) in [6.07, 6.45) is 10.3. The topological polar surface area (TPSA) is 15.3 Å². The molecule has 2 aliphatic carbocycles. The molecule has 1 saturated heterocycles. The van der Waals surface area contributed by atoms with Crippen LogP contribution in [0, 0.1) is 17.8 Å². The van der Waals surface area contributed by atoms with E-state index in [1.54, 1.807) is 6.42 Å². The van der Waals surface area contributed by atoms with E-state index in [1.807, 2.05) is 0 Å². The lowest BCUT2D eigenvalue weighted by Gasteiger charge is -2.51. The van der Waals surface area contributed by atoms with Gasteiger partial charge in [-0.2, -0.15) is 0 Å². The van der Waals surface area contributed by atoms with Crippen molar-refractivity contribution in [2.75, 3.05) is 26.2 Å². The maximum Gasteiger partial charge on any atom is 0.0136 e. The minimum atomic E-state index is 0.928. The predicted octanol–water partition coefficient (Wildman–Crippen LogP) is 2.89. The van der Waals surface area contributed by atoms with E-state index in [-0.39, 0.29) is 0 Å². The second kappa shape index (κ2) is 5.92. The Morgan fingerprint density at radius 1 is 1.06 bits per heavy atom. The number of hydrogen-bond donors (Lipinski definition) is 1. The van der Waals surface area contributed by atoms with Gasteiger partial charge in [0.05, 0.1) is 0 Å². The van der Waals surface area contributed by atoms with Crippen LogP contribution in [0.25, 0.3) is 0 Å². The average molecular weight is 250 g/mol. The second-order valence-corrected chi connectivity index (χ2v) is 6.96. The Balaban J connectivity index is 1.49. The summed E-state index contributed by atoms with van der Waals surface area (Å²) < 4.78 is 0. The first-order valence-corrected chi connectivity index (χ1v) is 8.31. The van der Waals surface area contributed by atoms with E-state index in [4.69, 9.17) is 0 Å². The zero-order valence-electron chi connectivity index (χ0n) is 12.0. The van der Waals surface area contributed by atoms with Crippen molar-refractivity contribution in [2.24, 2.45) is 17.8 Å². The summed E-state index contributed by atoms with van der Waals surface area (Å²) in [4.78, 5) is 2.87. The van der Waals surface area contributed by atoms with E-state index in [0.29, 0.717) is 0 Å². The van der Waals surface area contributed by atoms with Gasteiger partial charge in [-0.3, -0.25) is 4.90 Å². The summed E-state index contributed by atoms with van der Waals surface area (Å²) in [7, 11) is 0. The van der Waals surface area contributed by atoms with Crippen LogP contribution in [0.4, 0.5) is 0 Å². The monoisotopic (exact) mass is 250 g/mol. The molecule has 2 bridgehead atoms. The lowest BCUT2D eigenvalue weighted by atomic mass is 9.73. The molecule has 0 aromatic carbocycles. The molecule has 4 atom stereocenters. The van der Waals surface area contributed by atoms with Crippen molar-refractivity contribution in [2.45, 2.75) is 57.9 Å². The van der Waals surface area contributed by atoms with Crippen molar-refractivity contribution in [1.82, 2.24) is 10.2 Å². The standard InChI is InChI=1S/C16H30N2/c1-2-8-17-10-15-6-7-16(15)18-11-13-4-3-5-14(9-13)12-18/h13-17H,2-12H2,1H3. The lowest BCUT2D eigenvalue weighted by molar-refractivity contribution is -0.00766. The van der Waals surface area contributed by atoms with Gasteiger partial charge in [-0.15, -0.1) is 0 Å². The molecule has 1 N–H and O–H groups in total. The van der Waals surface area contributed by atoms with Crippen LogP contribution < -0.4 is 5.32 Å². The van der Waals surface area contributed by atoms with E-state index in [1.165, 1.54) is 64.7 Å².